The Bertz CT molecular complexity index is 826. The average molecular weight is 352 g/mol. The quantitative estimate of drug-likeness (QED) is 0.628. The molecule has 1 fully saturated rings. The summed E-state index contributed by atoms with van der Waals surface area (Å²) in [5.74, 6) is 0. The van der Waals surface area contributed by atoms with E-state index < -0.39 is 0 Å². The second-order valence-electron chi connectivity index (χ2n) is 6.82. The summed E-state index contributed by atoms with van der Waals surface area (Å²) in [6.45, 7) is 5.83. The molecule has 0 bridgehead atoms. The minimum absolute atomic E-state index is 0.505. The molecule has 2 aromatic carbocycles. The number of benzene rings is 2. The van der Waals surface area contributed by atoms with E-state index in [4.69, 9.17) is 5.10 Å². The first kappa shape index (κ1) is 16.7. The molecule has 1 aliphatic heterocycles. The van der Waals surface area contributed by atoms with Crippen LogP contribution in [-0.4, -0.2) is 34.3 Å². The Morgan fingerprint density at radius 3 is 2.84 bits per heavy atom. The maximum absolute atomic E-state index is 4.74. The van der Waals surface area contributed by atoms with Gasteiger partial charge in [-0.05, 0) is 62.7 Å². The smallest absolute Gasteiger partial charge is 0.0687 e. The van der Waals surface area contributed by atoms with E-state index >= 15 is 0 Å². The first-order valence-corrected chi connectivity index (χ1v) is 10.1. The van der Waals surface area contributed by atoms with Crippen molar-refractivity contribution in [2.45, 2.75) is 42.0 Å². The second-order valence-corrected chi connectivity index (χ2v) is 7.97. The van der Waals surface area contributed by atoms with Gasteiger partial charge in [-0.25, -0.2) is 0 Å². The fourth-order valence-electron chi connectivity index (χ4n) is 3.76. The standard InChI is InChI=1S/C21H25N3S/c1-2-12-23-13-6-7-18(16-23)24-21-11-10-20(14-17(21)15-22-24)25-19-8-4-3-5-9-19/h3-5,8-11,14-15,18H,2,6-7,12-13,16H2,1H3/t18-/m1/s1. The van der Waals surface area contributed by atoms with Crippen molar-refractivity contribution in [1.82, 2.24) is 14.7 Å². The summed E-state index contributed by atoms with van der Waals surface area (Å²) in [5.41, 5.74) is 1.26. The zero-order valence-corrected chi connectivity index (χ0v) is 15.6. The molecule has 0 saturated carbocycles. The molecular formula is C21H25N3S. The van der Waals surface area contributed by atoms with Crippen LogP contribution in [0.25, 0.3) is 10.9 Å². The molecule has 0 unspecified atom stereocenters. The average Bonchev–Trinajstić information content (AvgIpc) is 3.06. The lowest BCUT2D eigenvalue weighted by Crippen LogP contribution is -2.37. The van der Waals surface area contributed by atoms with Gasteiger partial charge in [0.1, 0.15) is 0 Å². The van der Waals surface area contributed by atoms with Crippen LogP contribution >= 0.6 is 11.8 Å². The molecular weight excluding hydrogens is 326 g/mol. The fourth-order valence-corrected chi connectivity index (χ4v) is 4.65. The summed E-state index contributed by atoms with van der Waals surface area (Å²) >= 11 is 1.81. The summed E-state index contributed by atoms with van der Waals surface area (Å²) in [6.07, 6.45) is 5.77. The minimum Gasteiger partial charge on any atom is -0.301 e. The Hall–Kier alpha value is -1.78. The molecule has 4 rings (SSSR count). The molecule has 2 heterocycles. The normalized spacial score (nSPS) is 18.7. The van der Waals surface area contributed by atoms with E-state index in [1.54, 1.807) is 0 Å². The van der Waals surface area contributed by atoms with Crippen molar-refractivity contribution in [1.29, 1.82) is 0 Å². The van der Waals surface area contributed by atoms with Crippen LogP contribution in [0.4, 0.5) is 0 Å². The maximum Gasteiger partial charge on any atom is 0.0687 e. The van der Waals surface area contributed by atoms with Gasteiger partial charge in [0.05, 0.1) is 17.8 Å². The number of piperidine rings is 1. The Balaban J connectivity index is 1.55. The predicted octanol–water partition coefficient (Wildman–Crippen LogP) is 5.23. The van der Waals surface area contributed by atoms with Gasteiger partial charge < -0.3 is 4.90 Å². The molecule has 1 saturated heterocycles. The lowest BCUT2D eigenvalue weighted by Gasteiger charge is -2.32. The third-order valence-corrected chi connectivity index (χ3v) is 5.91. The number of likely N-dealkylation sites (tertiary alicyclic amines) is 1. The topological polar surface area (TPSA) is 21.1 Å². The molecule has 4 heteroatoms. The molecule has 0 amide bonds. The highest BCUT2D eigenvalue weighted by molar-refractivity contribution is 7.99. The van der Waals surface area contributed by atoms with Gasteiger partial charge in [0.2, 0.25) is 0 Å². The van der Waals surface area contributed by atoms with Crippen LogP contribution < -0.4 is 0 Å². The molecule has 0 N–H and O–H groups in total. The zero-order valence-electron chi connectivity index (χ0n) is 14.8. The third-order valence-electron chi connectivity index (χ3n) is 4.91. The van der Waals surface area contributed by atoms with E-state index in [1.807, 2.05) is 18.0 Å². The number of hydrogen-bond acceptors (Lipinski definition) is 3. The molecule has 0 spiro atoms. The number of fused-ring (bicyclic) bond motifs is 1. The van der Waals surface area contributed by atoms with Gasteiger partial charge in [-0.2, -0.15) is 5.10 Å². The lowest BCUT2D eigenvalue weighted by atomic mass is 10.1. The van der Waals surface area contributed by atoms with Crippen LogP contribution in [0.5, 0.6) is 0 Å². The highest BCUT2D eigenvalue weighted by atomic mass is 32.2. The predicted molar refractivity (Wildman–Crippen MR) is 105 cm³/mol. The summed E-state index contributed by atoms with van der Waals surface area (Å²) in [7, 11) is 0. The Kier molecular flexibility index (Phi) is 5.09. The summed E-state index contributed by atoms with van der Waals surface area (Å²) < 4.78 is 2.26. The van der Waals surface area contributed by atoms with Crippen LogP contribution in [0.3, 0.4) is 0 Å². The third kappa shape index (κ3) is 3.75. The van der Waals surface area contributed by atoms with E-state index in [0.717, 1.165) is 6.54 Å². The SMILES string of the molecule is CCCN1CCC[C@@H](n2ncc3cc(Sc4ccccc4)ccc32)C1. The van der Waals surface area contributed by atoms with Gasteiger partial charge in [-0.3, -0.25) is 4.68 Å². The molecule has 0 radical (unpaired) electrons. The van der Waals surface area contributed by atoms with Gasteiger partial charge in [-0.1, -0.05) is 36.9 Å². The van der Waals surface area contributed by atoms with Gasteiger partial charge >= 0.3 is 0 Å². The van der Waals surface area contributed by atoms with Gasteiger partial charge in [0.15, 0.2) is 0 Å². The van der Waals surface area contributed by atoms with Crippen LogP contribution in [-0.2, 0) is 0 Å². The highest BCUT2D eigenvalue weighted by Crippen LogP contribution is 2.31. The Labute approximate surface area is 154 Å². The first-order valence-electron chi connectivity index (χ1n) is 9.26. The van der Waals surface area contributed by atoms with Crippen LogP contribution in [0.15, 0.2) is 64.5 Å². The Morgan fingerprint density at radius 1 is 1.12 bits per heavy atom. The highest BCUT2D eigenvalue weighted by Gasteiger charge is 2.22. The summed E-state index contributed by atoms with van der Waals surface area (Å²) in [5, 5.41) is 5.99. The van der Waals surface area contributed by atoms with E-state index in [1.165, 1.54) is 53.0 Å². The van der Waals surface area contributed by atoms with Crippen molar-refractivity contribution in [3.05, 3.63) is 54.7 Å². The number of nitrogens with zero attached hydrogens (tertiary/aromatic N) is 3. The molecule has 130 valence electrons. The molecule has 3 aromatic rings. The van der Waals surface area contributed by atoms with Crippen molar-refractivity contribution in [3.8, 4) is 0 Å². The van der Waals surface area contributed by atoms with Crippen LogP contribution in [0.1, 0.15) is 32.2 Å². The minimum atomic E-state index is 0.505. The van der Waals surface area contributed by atoms with E-state index in [2.05, 4.69) is 65.0 Å². The summed E-state index contributed by atoms with van der Waals surface area (Å²) in [4.78, 5) is 5.13. The van der Waals surface area contributed by atoms with Crippen molar-refractivity contribution < 1.29 is 0 Å². The fraction of sp³-hybridized carbons (Fsp3) is 0.381. The van der Waals surface area contributed by atoms with E-state index in [-0.39, 0.29) is 0 Å². The number of aromatic nitrogens is 2. The summed E-state index contributed by atoms with van der Waals surface area (Å²) in [6, 6.07) is 17.8. The molecule has 1 aromatic heterocycles. The van der Waals surface area contributed by atoms with Crippen molar-refractivity contribution >= 4 is 22.7 Å². The zero-order chi connectivity index (χ0) is 17.1. The van der Waals surface area contributed by atoms with E-state index in [9.17, 15) is 0 Å². The monoisotopic (exact) mass is 351 g/mol. The Morgan fingerprint density at radius 2 is 2.00 bits per heavy atom. The maximum atomic E-state index is 4.74. The van der Waals surface area contributed by atoms with E-state index in [0.29, 0.717) is 6.04 Å². The molecule has 0 aliphatic carbocycles. The molecule has 3 nitrogen and oxygen atoms in total. The first-order chi connectivity index (χ1) is 12.3. The number of hydrogen-bond donors (Lipinski definition) is 0. The number of rotatable bonds is 5. The van der Waals surface area contributed by atoms with Crippen molar-refractivity contribution in [2.75, 3.05) is 19.6 Å². The largest absolute Gasteiger partial charge is 0.301 e. The van der Waals surface area contributed by atoms with Crippen LogP contribution in [0, 0.1) is 0 Å². The van der Waals surface area contributed by atoms with Gasteiger partial charge in [0.25, 0.3) is 0 Å². The molecule has 1 aliphatic rings. The second kappa shape index (κ2) is 7.63. The molecule has 1 atom stereocenters. The van der Waals surface area contributed by atoms with Crippen molar-refractivity contribution in [2.24, 2.45) is 0 Å². The van der Waals surface area contributed by atoms with Gasteiger partial charge in [0, 0.05) is 21.7 Å². The molecule has 25 heavy (non-hydrogen) atoms. The van der Waals surface area contributed by atoms with Crippen LogP contribution in [0.2, 0.25) is 0 Å². The van der Waals surface area contributed by atoms with Crippen molar-refractivity contribution in [3.63, 3.8) is 0 Å². The lowest BCUT2D eigenvalue weighted by molar-refractivity contribution is 0.173. The van der Waals surface area contributed by atoms with Gasteiger partial charge in [-0.15, -0.1) is 0 Å².